The first kappa shape index (κ1) is 17.8. The number of hydrogen-bond acceptors (Lipinski definition) is 5. The number of carbonyl (C=O) groups excluding carboxylic acids is 3. The molecular weight excluding hydrogens is 312 g/mol. The maximum absolute atomic E-state index is 12.1. The number of esters is 1. The van der Waals surface area contributed by atoms with Crippen molar-refractivity contribution in [2.45, 2.75) is 31.9 Å². The highest BCUT2D eigenvalue weighted by molar-refractivity contribution is 5.87. The predicted octanol–water partition coefficient (Wildman–Crippen LogP) is 1.37. The van der Waals surface area contributed by atoms with Crippen LogP contribution in [0.1, 0.15) is 25.3 Å². The smallest absolute Gasteiger partial charge is 0.408 e. The van der Waals surface area contributed by atoms with E-state index >= 15 is 0 Å². The van der Waals surface area contributed by atoms with Crippen LogP contribution in [-0.4, -0.2) is 37.2 Å². The van der Waals surface area contributed by atoms with Gasteiger partial charge in [0.05, 0.1) is 7.11 Å². The fourth-order valence-electron chi connectivity index (χ4n) is 2.73. The molecule has 7 heteroatoms. The summed E-state index contributed by atoms with van der Waals surface area (Å²) in [6, 6.07) is 9.21. The third kappa shape index (κ3) is 4.47. The first-order valence-electron chi connectivity index (χ1n) is 7.79. The number of ether oxygens (including phenoxy) is 2. The normalized spacial score (nSPS) is 19.1. The van der Waals surface area contributed by atoms with Gasteiger partial charge in [-0.3, -0.25) is 4.79 Å². The van der Waals surface area contributed by atoms with E-state index in [0.717, 1.165) is 5.56 Å². The molecule has 2 N–H and O–H groups in total. The van der Waals surface area contributed by atoms with Crippen molar-refractivity contribution in [3.8, 4) is 0 Å². The molecule has 0 spiro atoms. The third-order valence-corrected chi connectivity index (χ3v) is 4.04. The number of amides is 2. The van der Waals surface area contributed by atoms with Crippen LogP contribution in [0, 0.1) is 5.92 Å². The lowest BCUT2D eigenvalue weighted by molar-refractivity contribution is -0.148. The lowest BCUT2D eigenvalue weighted by Crippen LogP contribution is -2.54. The second-order valence-corrected chi connectivity index (χ2v) is 5.99. The van der Waals surface area contributed by atoms with Gasteiger partial charge in [0.25, 0.3) is 0 Å². The van der Waals surface area contributed by atoms with Crippen LogP contribution >= 0.6 is 0 Å². The Balaban J connectivity index is 1.98. The Morgan fingerprint density at radius 2 is 2.04 bits per heavy atom. The minimum absolute atomic E-state index is 0.0911. The number of hydrogen-bond donors (Lipinski definition) is 2. The summed E-state index contributed by atoms with van der Waals surface area (Å²) in [5, 5.41) is 5.26. The minimum atomic E-state index is -1.32. The number of nitrogens with one attached hydrogen (secondary N) is 2. The zero-order valence-corrected chi connectivity index (χ0v) is 13.8. The largest absolute Gasteiger partial charge is 0.467 e. The standard InChI is InChI=1S/C17H22N2O5/c1-17(15(21)23-2,10-13-8-9-18-14(13)20)19-16(22)24-11-12-6-4-3-5-7-12/h3-7,13H,8-11H2,1-2H3,(H,18,20)(H,19,22)/t13?,17-/m0/s1. The molecule has 0 aliphatic carbocycles. The zero-order chi connectivity index (χ0) is 17.6. The van der Waals surface area contributed by atoms with Crippen molar-refractivity contribution in [3.05, 3.63) is 35.9 Å². The summed E-state index contributed by atoms with van der Waals surface area (Å²) in [5.41, 5.74) is -0.489. The summed E-state index contributed by atoms with van der Waals surface area (Å²) in [7, 11) is 1.24. The Hall–Kier alpha value is -2.57. The third-order valence-electron chi connectivity index (χ3n) is 4.04. The summed E-state index contributed by atoms with van der Waals surface area (Å²) in [5.74, 6) is -1.08. The molecule has 24 heavy (non-hydrogen) atoms. The first-order chi connectivity index (χ1) is 11.4. The van der Waals surface area contributed by atoms with Crippen molar-refractivity contribution in [2.24, 2.45) is 5.92 Å². The lowest BCUT2D eigenvalue weighted by atomic mass is 9.88. The highest BCUT2D eigenvalue weighted by Crippen LogP contribution is 2.24. The molecular formula is C17H22N2O5. The van der Waals surface area contributed by atoms with E-state index in [-0.39, 0.29) is 24.9 Å². The summed E-state index contributed by atoms with van der Waals surface area (Å²) in [6.45, 7) is 2.20. The Morgan fingerprint density at radius 1 is 1.33 bits per heavy atom. The molecule has 1 unspecified atom stereocenters. The zero-order valence-electron chi connectivity index (χ0n) is 13.8. The van der Waals surface area contributed by atoms with Crippen LogP contribution in [0.2, 0.25) is 0 Å². The maximum Gasteiger partial charge on any atom is 0.408 e. The second kappa shape index (κ2) is 7.81. The van der Waals surface area contributed by atoms with Gasteiger partial charge in [0.15, 0.2) is 0 Å². The summed E-state index contributed by atoms with van der Waals surface area (Å²) < 4.78 is 9.94. The van der Waals surface area contributed by atoms with Crippen LogP contribution < -0.4 is 10.6 Å². The first-order valence-corrected chi connectivity index (χ1v) is 7.79. The predicted molar refractivity (Wildman–Crippen MR) is 85.9 cm³/mol. The molecule has 1 fully saturated rings. The quantitative estimate of drug-likeness (QED) is 0.767. The second-order valence-electron chi connectivity index (χ2n) is 5.99. The molecule has 2 rings (SSSR count). The molecule has 130 valence electrons. The Morgan fingerprint density at radius 3 is 2.62 bits per heavy atom. The van der Waals surface area contributed by atoms with Crippen molar-refractivity contribution >= 4 is 18.0 Å². The van der Waals surface area contributed by atoms with Gasteiger partial charge in [-0.2, -0.15) is 0 Å². The molecule has 7 nitrogen and oxygen atoms in total. The van der Waals surface area contributed by atoms with Gasteiger partial charge in [0.2, 0.25) is 5.91 Å². The van der Waals surface area contributed by atoms with E-state index in [1.807, 2.05) is 30.3 Å². The molecule has 0 saturated carbocycles. The van der Waals surface area contributed by atoms with Gasteiger partial charge in [0.1, 0.15) is 12.1 Å². The minimum Gasteiger partial charge on any atom is -0.467 e. The Bertz CT molecular complexity index is 604. The fraction of sp³-hybridized carbons (Fsp3) is 0.471. The van der Waals surface area contributed by atoms with Gasteiger partial charge in [-0.15, -0.1) is 0 Å². The number of methoxy groups -OCH3 is 1. The summed E-state index contributed by atoms with van der Waals surface area (Å²) in [6.07, 6.45) is 0.0446. The SMILES string of the molecule is COC(=O)[C@](C)(CC1CCNC1=O)NC(=O)OCc1ccccc1. The molecule has 2 atom stereocenters. The van der Waals surface area contributed by atoms with Gasteiger partial charge < -0.3 is 20.1 Å². The molecule has 1 aliphatic rings. The molecule has 1 heterocycles. The highest BCUT2D eigenvalue weighted by Gasteiger charge is 2.42. The van der Waals surface area contributed by atoms with Gasteiger partial charge in [-0.25, -0.2) is 9.59 Å². The molecule has 1 aliphatic heterocycles. The number of benzene rings is 1. The number of rotatable bonds is 6. The molecule has 0 radical (unpaired) electrons. The van der Waals surface area contributed by atoms with Crippen molar-refractivity contribution in [2.75, 3.05) is 13.7 Å². The molecule has 1 aromatic rings. The van der Waals surface area contributed by atoms with E-state index in [2.05, 4.69) is 10.6 Å². The van der Waals surface area contributed by atoms with Gasteiger partial charge in [-0.1, -0.05) is 30.3 Å². The maximum atomic E-state index is 12.1. The van der Waals surface area contributed by atoms with Crippen molar-refractivity contribution in [1.29, 1.82) is 0 Å². The Labute approximate surface area is 140 Å². The monoisotopic (exact) mass is 334 g/mol. The van der Waals surface area contributed by atoms with E-state index in [4.69, 9.17) is 9.47 Å². The van der Waals surface area contributed by atoms with Crippen LogP contribution in [0.4, 0.5) is 4.79 Å². The van der Waals surface area contributed by atoms with Crippen LogP contribution in [0.15, 0.2) is 30.3 Å². The summed E-state index contributed by atoms with van der Waals surface area (Å²) >= 11 is 0. The average molecular weight is 334 g/mol. The van der Waals surface area contributed by atoms with E-state index in [0.29, 0.717) is 13.0 Å². The van der Waals surface area contributed by atoms with Crippen LogP contribution in [0.5, 0.6) is 0 Å². The van der Waals surface area contributed by atoms with Crippen molar-refractivity contribution in [1.82, 2.24) is 10.6 Å². The van der Waals surface area contributed by atoms with E-state index in [1.165, 1.54) is 14.0 Å². The van der Waals surface area contributed by atoms with Crippen LogP contribution in [0.3, 0.4) is 0 Å². The van der Waals surface area contributed by atoms with E-state index < -0.39 is 17.6 Å². The van der Waals surface area contributed by atoms with Crippen molar-refractivity contribution in [3.63, 3.8) is 0 Å². The lowest BCUT2D eigenvalue weighted by Gasteiger charge is -2.29. The van der Waals surface area contributed by atoms with Crippen LogP contribution in [0.25, 0.3) is 0 Å². The summed E-state index contributed by atoms with van der Waals surface area (Å²) in [4.78, 5) is 35.9. The molecule has 0 aromatic heterocycles. The topological polar surface area (TPSA) is 93.7 Å². The van der Waals surface area contributed by atoms with Crippen molar-refractivity contribution < 1.29 is 23.9 Å². The van der Waals surface area contributed by atoms with Gasteiger partial charge in [0, 0.05) is 12.5 Å². The Kier molecular flexibility index (Phi) is 5.78. The fourth-order valence-corrected chi connectivity index (χ4v) is 2.73. The number of carbonyl (C=O) groups is 3. The van der Waals surface area contributed by atoms with E-state index in [1.54, 1.807) is 0 Å². The highest BCUT2D eigenvalue weighted by atomic mass is 16.6. The van der Waals surface area contributed by atoms with Gasteiger partial charge >= 0.3 is 12.1 Å². The van der Waals surface area contributed by atoms with Crippen LogP contribution in [-0.2, 0) is 25.7 Å². The molecule has 2 amide bonds. The molecule has 1 aromatic carbocycles. The van der Waals surface area contributed by atoms with E-state index in [9.17, 15) is 14.4 Å². The molecule has 1 saturated heterocycles. The van der Waals surface area contributed by atoms with Gasteiger partial charge in [-0.05, 0) is 25.3 Å². The number of alkyl carbamates (subject to hydrolysis) is 1. The molecule has 0 bridgehead atoms. The average Bonchev–Trinajstić information content (AvgIpc) is 2.97.